The molecule has 0 spiro atoms. The number of ether oxygens (including phenoxy) is 1. The zero-order valence-electron chi connectivity index (χ0n) is 23.0. The van der Waals surface area contributed by atoms with Crippen LogP contribution in [0.15, 0.2) is 24.3 Å². The molecule has 1 unspecified atom stereocenters. The third-order valence-corrected chi connectivity index (χ3v) is 8.83. The average Bonchev–Trinajstić information content (AvgIpc) is 3.39. The molecule has 3 aliphatic rings. The van der Waals surface area contributed by atoms with E-state index >= 15 is 0 Å². The number of aliphatic carboxylic acids is 1. The lowest BCUT2D eigenvalue weighted by Gasteiger charge is -2.39. The van der Waals surface area contributed by atoms with Crippen molar-refractivity contribution in [3.63, 3.8) is 0 Å². The Morgan fingerprint density at radius 2 is 1.68 bits per heavy atom. The van der Waals surface area contributed by atoms with E-state index in [2.05, 4.69) is 16.7 Å². The Balaban J connectivity index is 1.23. The lowest BCUT2D eigenvalue weighted by molar-refractivity contribution is -0.140. The van der Waals surface area contributed by atoms with Crippen LogP contribution in [0.2, 0.25) is 0 Å². The van der Waals surface area contributed by atoms with Crippen LogP contribution in [0.4, 0.5) is 9.18 Å². The number of amides is 1. The molecule has 3 fully saturated rings. The molecule has 4 rings (SSSR count). The van der Waals surface area contributed by atoms with E-state index in [0.29, 0.717) is 24.5 Å². The molecule has 8 heteroatoms. The van der Waals surface area contributed by atoms with E-state index in [1.165, 1.54) is 37.8 Å². The van der Waals surface area contributed by atoms with Gasteiger partial charge in [0, 0.05) is 44.3 Å². The van der Waals surface area contributed by atoms with Gasteiger partial charge in [-0.15, -0.1) is 0 Å². The van der Waals surface area contributed by atoms with Gasteiger partial charge >= 0.3 is 12.1 Å². The number of benzene rings is 1. The molecule has 1 aromatic carbocycles. The molecule has 212 valence electrons. The molecule has 0 radical (unpaired) electrons. The molecular formula is C30H46FN3O4. The van der Waals surface area contributed by atoms with Gasteiger partial charge in [-0.1, -0.05) is 38.3 Å². The third-order valence-electron chi connectivity index (χ3n) is 8.83. The second-order valence-electron chi connectivity index (χ2n) is 11.6. The lowest BCUT2D eigenvalue weighted by atomic mass is 9.92. The van der Waals surface area contributed by atoms with Crippen molar-refractivity contribution in [1.29, 1.82) is 0 Å². The fourth-order valence-corrected chi connectivity index (χ4v) is 6.89. The minimum absolute atomic E-state index is 0.154. The van der Waals surface area contributed by atoms with Gasteiger partial charge in [-0.05, 0) is 75.0 Å². The van der Waals surface area contributed by atoms with Crippen LogP contribution in [0.5, 0.6) is 0 Å². The zero-order chi connectivity index (χ0) is 26.9. The van der Waals surface area contributed by atoms with Crippen LogP contribution in [0.3, 0.4) is 0 Å². The average molecular weight is 532 g/mol. The van der Waals surface area contributed by atoms with Crippen LogP contribution < -0.4 is 0 Å². The fourth-order valence-electron chi connectivity index (χ4n) is 6.89. The van der Waals surface area contributed by atoms with E-state index in [4.69, 9.17) is 4.74 Å². The highest BCUT2D eigenvalue weighted by molar-refractivity contribution is 5.69. The molecule has 1 aromatic rings. The first-order chi connectivity index (χ1) is 18.4. The number of carboxylic acid groups (broad SMARTS) is 1. The number of rotatable bonds is 11. The molecule has 1 heterocycles. The van der Waals surface area contributed by atoms with Crippen molar-refractivity contribution >= 4 is 12.1 Å². The predicted molar refractivity (Wildman–Crippen MR) is 145 cm³/mol. The Morgan fingerprint density at radius 3 is 2.34 bits per heavy atom. The van der Waals surface area contributed by atoms with Crippen LogP contribution in [-0.4, -0.2) is 82.7 Å². The van der Waals surface area contributed by atoms with Crippen LogP contribution in [-0.2, 0) is 16.1 Å². The van der Waals surface area contributed by atoms with Gasteiger partial charge in [0.05, 0.1) is 6.54 Å². The summed E-state index contributed by atoms with van der Waals surface area (Å²) in [4.78, 5) is 31.3. The molecule has 1 saturated heterocycles. The molecule has 7 nitrogen and oxygen atoms in total. The van der Waals surface area contributed by atoms with E-state index in [-0.39, 0.29) is 31.1 Å². The van der Waals surface area contributed by atoms with Crippen LogP contribution in [0.25, 0.3) is 0 Å². The van der Waals surface area contributed by atoms with E-state index in [0.717, 1.165) is 70.1 Å². The number of hydrogen-bond donors (Lipinski definition) is 1. The van der Waals surface area contributed by atoms with E-state index in [1.807, 2.05) is 4.90 Å². The summed E-state index contributed by atoms with van der Waals surface area (Å²) in [6.45, 7) is 6.10. The molecule has 2 saturated carbocycles. The summed E-state index contributed by atoms with van der Waals surface area (Å²) in [5.74, 6) is -0.382. The number of hydrogen-bond acceptors (Lipinski definition) is 5. The first-order valence-corrected chi connectivity index (χ1v) is 14.8. The standard InChI is InChI=1S/C30H46FN3O4/c1-2-16-33(30(37)38-22-23-8-11-25(31)12-9-23)27-14-17-32(18-15-27)20-24-10-13-28(19-24)34(21-29(35)36)26-6-4-3-5-7-26/h8-9,11-12,24,26-28H,2-7,10,13-22H2,1H3,(H,35,36)/t24-,28?/m1/s1. The van der Waals surface area contributed by atoms with Crippen molar-refractivity contribution in [2.45, 2.75) is 102 Å². The Labute approximate surface area is 227 Å². The fraction of sp³-hybridized carbons (Fsp3) is 0.733. The van der Waals surface area contributed by atoms with Crippen molar-refractivity contribution in [3.8, 4) is 0 Å². The van der Waals surface area contributed by atoms with Gasteiger partial charge in [0.15, 0.2) is 0 Å². The number of carbonyl (C=O) groups excluding carboxylic acids is 1. The van der Waals surface area contributed by atoms with Gasteiger partial charge in [-0.25, -0.2) is 9.18 Å². The molecule has 0 aromatic heterocycles. The molecular weight excluding hydrogens is 485 g/mol. The van der Waals surface area contributed by atoms with Gasteiger partial charge < -0.3 is 19.6 Å². The van der Waals surface area contributed by atoms with Gasteiger partial charge in [0.25, 0.3) is 0 Å². The van der Waals surface area contributed by atoms with E-state index in [1.54, 1.807) is 12.1 Å². The van der Waals surface area contributed by atoms with Crippen LogP contribution in [0.1, 0.15) is 83.1 Å². The highest BCUT2D eigenvalue weighted by Gasteiger charge is 2.36. The van der Waals surface area contributed by atoms with Gasteiger partial charge in [0.1, 0.15) is 12.4 Å². The molecule has 38 heavy (non-hydrogen) atoms. The van der Waals surface area contributed by atoms with E-state index < -0.39 is 5.97 Å². The SMILES string of the molecule is CCCN(C(=O)OCc1ccc(F)cc1)C1CCN(C[C@@H]2CCC(N(CC(=O)O)C3CCCCC3)C2)CC1. The highest BCUT2D eigenvalue weighted by atomic mass is 19.1. The Kier molecular flexibility index (Phi) is 10.8. The van der Waals surface area contributed by atoms with Crippen molar-refractivity contribution < 1.29 is 23.8 Å². The summed E-state index contributed by atoms with van der Waals surface area (Å²) in [5.41, 5.74) is 0.784. The number of carboxylic acids is 1. The van der Waals surface area contributed by atoms with Gasteiger partial charge in [0.2, 0.25) is 0 Å². The molecule has 0 bridgehead atoms. The van der Waals surface area contributed by atoms with Crippen molar-refractivity contribution in [3.05, 3.63) is 35.6 Å². The third kappa shape index (κ3) is 8.15. The van der Waals surface area contributed by atoms with E-state index in [9.17, 15) is 19.1 Å². The smallest absolute Gasteiger partial charge is 0.410 e. The monoisotopic (exact) mass is 531 g/mol. The predicted octanol–water partition coefficient (Wildman–Crippen LogP) is 5.53. The highest BCUT2D eigenvalue weighted by Crippen LogP contribution is 2.35. The second kappa shape index (κ2) is 14.3. The summed E-state index contributed by atoms with van der Waals surface area (Å²) in [7, 11) is 0. The molecule has 1 aliphatic heterocycles. The number of halogens is 1. The molecule has 1 N–H and O–H groups in total. The van der Waals surface area contributed by atoms with Crippen LogP contribution in [0, 0.1) is 11.7 Å². The Morgan fingerprint density at radius 1 is 0.974 bits per heavy atom. The van der Waals surface area contributed by atoms with Crippen molar-refractivity contribution in [2.24, 2.45) is 5.92 Å². The number of piperidine rings is 1. The molecule has 2 aliphatic carbocycles. The quantitative estimate of drug-likeness (QED) is 0.405. The zero-order valence-corrected chi connectivity index (χ0v) is 23.0. The van der Waals surface area contributed by atoms with Crippen molar-refractivity contribution in [1.82, 2.24) is 14.7 Å². The summed E-state index contributed by atoms with van der Waals surface area (Å²) < 4.78 is 18.7. The minimum atomic E-state index is -0.700. The molecule has 2 atom stereocenters. The second-order valence-corrected chi connectivity index (χ2v) is 11.6. The maximum atomic E-state index is 13.2. The Hall–Kier alpha value is -2.19. The largest absolute Gasteiger partial charge is 0.480 e. The first-order valence-electron chi connectivity index (χ1n) is 14.8. The number of carbonyl (C=O) groups is 2. The molecule has 1 amide bonds. The van der Waals surface area contributed by atoms with Gasteiger partial charge in [-0.3, -0.25) is 9.69 Å². The minimum Gasteiger partial charge on any atom is -0.480 e. The summed E-state index contributed by atoms with van der Waals surface area (Å²) in [6, 6.07) is 7.08. The topological polar surface area (TPSA) is 73.3 Å². The summed E-state index contributed by atoms with van der Waals surface area (Å²) in [5, 5.41) is 9.55. The maximum absolute atomic E-state index is 13.2. The first kappa shape index (κ1) is 28.8. The number of likely N-dealkylation sites (tertiary alicyclic amines) is 1. The maximum Gasteiger partial charge on any atom is 0.410 e. The van der Waals surface area contributed by atoms with Gasteiger partial charge in [-0.2, -0.15) is 0 Å². The Bertz CT molecular complexity index is 884. The van der Waals surface area contributed by atoms with Crippen LogP contribution >= 0.6 is 0 Å². The normalized spacial score (nSPS) is 23.6. The number of nitrogens with zero attached hydrogens (tertiary/aromatic N) is 3. The van der Waals surface area contributed by atoms with Crippen molar-refractivity contribution in [2.75, 3.05) is 32.7 Å². The summed E-state index contributed by atoms with van der Waals surface area (Å²) >= 11 is 0. The lowest BCUT2D eigenvalue weighted by Crippen LogP contribution is -2.48. The summed E-state index contributed by atoms with van der Waals surface area (Å²) in [6.07, 6.45) is 11.9.